The number of nitrogens with one attached hydrogen (secondary N) is 1. The summed E-state index contributed by atoms with van der Waals surface area (Å²) in [6, 6.07) is 3.83. The Morgan fingerprint density at radius 1 is 1.56 bits per heavy atom. The lowest BCUT2D eigenvalue weighted by Gasteiger charge is -2.16. The molecule has 1 aromatic rings. The van der Waals surface area contributed by atoms with Crippen LogP contribution in [0.4, 0.5) is 5.82 Å². The Kier molecular flexibility index (Phi) is 3.75. The van der Waals surface area contributed by atoms with Crippen LogP contribution in [0.25, 0.3) is 0 Å². The van der Waals surface area contributed by atoms with Gasteiger partial charge in [0.15, 0.2) is 12.4 Å². The van der Waals surface area contributed by atoms with Crippen molar-refractivity contribution in [2.75, 3.05) is 12.1 Å². The van der Waals surface area contributed by atoms with E-state index in [0.717, 1.165) is 36.9 Å². The number of carbonyl (C=O) groups is 1. The highest BCUT2D eigenvalue weighted by atomic mass is 16.7. The van der Waals surface area contributed by atoms with E-state index in [-0.39, 0.29) is 0 Å². The number of hydrogen-bond donors (Lipinski definition) is 2. The molecule has 0 saturated heterocycles. The maximum Gasteiger partial charge on any atom is 0.332 e. The standard InChI is InChI=1S/C12H13N3O3/c13-6-9-5-8-3-1-2-4-10(8)14-12(9)15-18-7-11(16)17/h5H,1-4,7H2,(H,14,15)(H,16,17). The van der Waals surface area contributed by atoms with Gasteiger partial charge in [-0.1, -0.05) is 0 Å². The smallest absolute Gasteiger partial charge is 0.332 e. The molecule has 0 saturated carbocycles. The van der Waals surface area contributed by atoms with Crippen LogP contribution < -0.4 is 5.48 Å². The highest BCUT2D eigenvalue weighted by Gasteiger charge is 2.15. The summed E-state index contributed by atoms with van der Waals surface area (Å²) < 4.78 is 0. The second-order valence-electron chi connectivity index (χ2n) is 4.09. The summed E-state index contributed by atoms with van der Waals surface area (Å²) in [7, 11) is 0. The van der Waals surface area contributed by atoms with Crippen LogP contribution in [-0.4, -0.2) is 22.7 Å². The van der Waals surface area contributed by atoms with Gasteiger partial charge in [0, 0.05) is 5.69 Å². The lowest BCUT2D eigenvalue weighted by Crippen LogP contribution is -2.15. The molecule has 1 aliphatic carbocycles. The Hall–Kier alpha value is -2.13. The van der Waals surface area contributed by atoms with Crippen molar-refractivity contribution in [1.29, 1.82) is 5.26 Å². The minimum atomic E-state index is -1.08. The molecule has 0 fully saturated rings. The largest absolute Gasteiger partial charge is 0.479 e. The zero-order chi connectivity index (χ0) is 13.0. The topological polar surface area (TPSA) is 95.2 Å². The first-order valence-corrected chi connectivity index (χ1v) is 5.73. The summed E-state index contributed by atoms with van der Waals surface area (Å²) in [5.41, 5.74) is 4.87. The van der Waals surface area contributed by atoms with Crippen molar-refractivity contribution in [3.8, 4) is 6.07 Å². The molecule has 1 heterocycles. The van der Waals surface area contributed by atoms with Gasteiger partial charge in [0.1, 0.15) is 6.07 Å². The number of nitriles is 1. The maximum atomic E-state index is 10.3. The van der Waals surface area contributed by atoms with Crippen molar-refractivity contribution in [1.82, 2.24) is 4.98 Å². The predicted octanol–water partition coefficient (Wildman–Crippen LogP) is 1.26. The third-order valence-electron chi connectivity index (χ3n) is 2.79. The number of carboxylic acids is 1. The Morgan fingerprint density at radius 2 is 2.33 bits per heavy atom. The van der Waals surface area contributed by atoms with Gasteiger partial charge in [-0.05, 0) is 37.3 Å². The molecule has 6 heteroatoms. The molecule has 0 unspecified atom stereocenters. The van der Waals surface area contributed by atoms with Crippen molar-refractivity contribution in [2.45, 2.75) is 25.7 Å². The number of aryl methyl sites for hydroxylation is 2. The van der Waals surface area contributed by atoms with Crippen molar-refractivity contribution in [3.05, 3.63) is 22.9 Å². The molecule has 0 aromatic carbocycles. The fourth-order valence-electron chi connectivity index (χ4n) is 1.96. The first kappa shape index (κ1) is 12.3. The molecule has 0 atom stereocenters. The Balaban J connectivity index is 2.18. The zero-order valence-electron chi connectivity index (χ0n) is 9.77. The molecular weight excluding hydrogens is 234 g/mol. The van der Waals surface area contributed by atoms with E-state index in [1.807, 2.05) is 6.07 Å². The molecule has 0 spiro atoms. The number of anilines is 1. The molecule has 0 bridgehead atoms. The van der Waals surface area contributed by atoms with Crippen LogP contribution in [0, 0.1) is 11.3 Å². The van der Waals surface area contributed by atoms with Crippen LogP contribution >= 0.6 is 0 Å². The zero-order valence-corrected chi connectivity index (χ0v) is 9.77. The molecule has 0 radical (unpaired) electrons. The summed E-state index contributed by atoms with van der Waals surface area (Å²) in [5, 5.41) is 17.5. The average Bonchev–Trinajstić information content (AvgIpc) is 2.37. The van der Waals surface area contributed by atoms with E-state index in [4.69, 9.17) is 15.2 Å². The van der Waals surface area contributed by atoms with Crippen molar-refractivity contribution >= 4 is 11.8 Å². The maximum absolute atomic E-state index is 10.3. The summed E-state index contributed by atoms with van der Waals surface area (Å²) in [5.74, 6) is -0.793. The minimum Gasteiger partial charge on any atom is -0.479 e. The number of hydrogen-bond acceptors (Lipinski definition) is 5. The highest BCUT2D eigenvalue weighted by Crippen LogP contribution is 2.24. The lowest BCUT2D eigenvalue weighted by atomic mass is 9.95. The molecular formula is C12H13N3O3. The van der Waals surface area contributed by atoms with Crippen LogP contribution in [0.1, 0.15) is 29.7 Å². The van der Waals surface area contributed by atoms with Crippen LogP contribution in [-0.2, 0) is 22.5 Å². The van der Waals surface area contributed by atoms with Gasteiger partial charge in [-0.3, -0.25) is 4.84 Å². The van der Waals surface area contributed by atoms with Gasteiger partial charge in [0.2, 0.25) is 0 Å². The molecule has 6 nitrogen and oxygen atoms in total. The summed E-state index contributed by atoms with van der Waals surface area (Å²) in [6.45, 7) is -0.483. The van der Waals surface area contributed by atoms with Crippen molar-refractivity contribution < 1.29 is 14.7 Å². The molecule has 2 rings (SSSR count). The van der Waals surface area contributed by atoms with Gasteiger partial charge in [-0.15, -0.1) is 0 Å². The fraction of sp³-hybridized carbons (Fsp3) is 0.417. The van der Waals surface area contributed by atoms with Crippen LogP contribution in [0.5, 0.6) is 0 Å². The van der Waals surface area contributed by atoms with Crippen LogP contribution in [0.15, 0.2) is 6.07 Å². The van der Waals surface area contributed by atoms with Gasteiger partial charge < -0.3 is 5.11 Å². The van der Waals surface area contributed by atoms with E-state index in [1.54, 1.807) is 6.07 Å². The summed E-state index contributed by atoms with van der Waals surface area (Å²) in [4.78, 5) is 19.4. The number of fused-ring (bicyclic) bond motifs is 1. The van der Waals surface area contributed by atoms with Gasteiger partial charge in [-0.25, -0.2) is 15.3 Å². The number of aromatic nitrogens is 1. The fourth-order valence-corrected chi connectivity index (χ4v) is 1.96. The summed E-state index contributed by atoms with van der Waals surface area (Å²) >= 11 is 0. The van der Waals surface area contributed by atoms with Gasteiger partial charge >= 0.3 is 5.97 Å². The lowest BCUT2D eigenvalue weighted by molar-refractivity contribution is -0.141. The quantitative estimate of drug-likeness (QED) is 0.778. The first-order valence-electron chi connectivity index (χ1n) is 5.73. The van der Waals surface area contributed by atoms with Gasteiger partial charge in [-0.2, -0.15) is 5.26 Å². The highest BCUT2D eigenvalue weighted by molar-refractivity contribution is 5.68. The second-order valence-corrected chi connectivity index (χ2v) is 4.09. The van der Waals surface area contributed by atoms with Crippen LogP contribution in [0.2, 0.25) is 0 Å². The number of carboxylic acid groups (broad SMARTS) is 1. The second kappa shape index (κ2) is 5.47. The number of nitrogens with zero attached hydrogens (tertiary/aromatic N) is 2. The van der Waals surface area contributed by atoms with Gasteiger partial charge in [0.25, 0.3) is 0 Å². The third-order valence-corrected chi connectivity index (χ3v) is 2.79. The van der Waals surface area contributed by atoms with Gasteiger partial charge in [0.05, 0.1) is 5.56 Å². The predicted molar refractivity (Wildman–Crippen MR) is 62.8 cm³/mol. The van der Waals surface area contributed by atoms with Crippen molar-refractivity contribution in [2.24, 2.45) is 0 Å². The number of aliphatic carboxylic acids is 1. The molecule has 0 amide bonds. The third kappa shape index (κ3) is 2.76. The molecule has 0 aliphatic heterocycles. The Labute approximate surface area is 104 Å². The average molecular weight is 247 g/mol. The van der Waals surface area contributed by atoms with E-state index >= 15 is 0 Å². The van der Waals surface area contributed by atoms with Crippen molar-refractivity contribution in [3.63, 3.8) is 0 Å². The number of pyridine rings is 1. The first-order chi connectivity index (χ1) is 8.70. The number of rotatable bonds is 4. The molecule has 94 valence electrons. The van der Waals surface area contributed by atoms with E-state index in [0.29, 0.717) is 11.4 Å². The molecule has 1 aromatic heterocycles. The molecule has 1 aliphatic rings. The van der Waals surface area contributed by atoms with E-state index < -0.39 is 12.6 Å². The minimum absolute atomic E-state index is 0.291. The monoisotopic (exact) mass is 247 g/mol. The summed E-state index contributed by atoms with van der Waals surface area (Å²) in [6.07, 6.45) is 4.02. The Bertz CT molecular complexity index is 508. The van der Waals surface area contributed by atoms with Crippen LogP contribution in [0.3, 0.4) is 0 Å². The molecule has 18 heavy (non-hydrogen) atoms. The Morgan fingerprint density at radius 3 is 3.06 bits per heavy atom. The van der Waals surface area contributed by atoms with E-state index in [2.05, 4.69) is 10.5 Å². The van der Waals surface area contributed by atoms with E-state index in [9.17, 15) is 4.79 Å². The SMILES string of the molecule is N#Cc1cc2c(nc1NOCC(=O)O)CCCC2. The molecule has 2 N–H and O–H groups in total. The van der Waals surface area contributed by atoms with E-state index in [1.165, 1.54) is 0 Å². The normalized spacial score (nSPS) is 13.5.